The number of amides is 2. The first kappa shape index (κ1) is 17.0. The second-order valence-electron chi connectivity index (χ2n) is 4.76. The SMILES string of the molecule is COc1ccccc1NC(=O)CCNC(=O)c1ccc(Br)cc1. The smallest absolute Gasteiger partial charge is 0.251 e. The first-order chi connectivity index (χ1) is 11.1. The Morgan fingerprint density at radius 3 is 2.48 bits per heavy atom. The molecule has 0 saturated carbocycles. The van der Waals surface area contributed by atoms with Crippen LogP contribution < -0.4 is 15.4 Å². The van der Waals surface area contributed by atoms with Crippen LogP contribution in [0.15, 0.2) is 53.0 Å². The fourth-order valence-electron chi connectivity index (χ4n) is 1.95. The minimum Gasteiger partial charge on any atom is -0.495 e. The zero-order chi connectivity index (χ0) is 16.7. The van der Waals surface area contributed by atoms with Crippen LogP contribution in [0.4, 0.5) is 5.69 Å². The Labute approximate surface area is 143 Å². The Balaban J connectivity index is 1.80. The van der Waals surface area contributed by atoms with Crippen molar-refractivity contribution in [1.82, 2.24) is 5.32 Å². The molecule has 0 aliphatic rings. The summed E-state index contributed by atoms with van der Waals surface area (Å²) in [7, 11) is 1.55. The number of halogens is 1. The van der Waals surface area contributed by atoms with Crippen LogP contribution in [0, 0.1) is 0 Å². The molecule has 0 unspecified atom stereocenters. The molecule has 0 aliphatic heterocycles. The number of ether oxygens (including phenoxy) is 1. The first-order valence-corrected chi connectivity index (χ1v) is 7.86. The lowest BCUT2D eigenvalue weighted by molar-refractivity contribution is -0.116. The van der Waals surface area contributed by atoms with Crippen molar-refractivity contribution < 1.29 is 14.3 Å². The van der Waals surface area contributed by atoms with Gasteiger partial charge in [-0.2, -0.15) is 0 Å². The lowest BCUT2D eigenvalue weighted by Crippen LogP contribution is -2.27. The van der Waals surface area contributed by atoms with Gasteiger partial charge in [-0.3, -0.25) is 9.59 Å². The van der Waals surface area contributed by atoms with Gasteiger partial charge in [0.1, 0.15) is 5.75 Å². The summed E-state index contributed by atoms with van der Waals surface area (Å²) >= 11 is 3.31. The molecule has 2 amide bonds. The van der Waals surface area contributed by atoms with Crippen molar-refractivity contribution in [2.45, 2.75) is 6.42 Å². The number of hydrogen-bond acceptors (Lipinski definition) is 3. The fraction of sp³-hybridized carbons (Fsp3) is 0.176. The molecule has 0 aromatic heterocycles. The molecule has 0 bridgehead atoms. The molecule has 0 spiro atoms. The number of hydrogen-bond donors (Lipinski definition) is 2. The highest BCUT2D eigenvalue weighted by atomic mass is 79.9. The van der Waals surface area contributed by atoms with E-state index in [0.717, 1.165) is 4.47 Å². The van der Waals surface area contributed by atoms with Crippen LogP contribution in [0.2, 0.25) is 0 Å². The van der Waals surface area contributed by atoms with Crippen LogP contribution in [0.1, 0.15) is 16.8 Å². The van der Waals surface area contributed by atoms with E-state index in [1.54, 1.807) is 43.5 Å². The van der Waals surface area contributed by atoms with Crippen molar-refractivity contribution in [3.05, 3.63) is 58.6 Å². The van der Waals surface area contributed by atoms with Gasteiger partial charge in [-0.1, -0.05) is 28.1 Å². The molecule has 0 radical (unpaired) electrons. The lowest BCUT2D eigenvalue weighted by atomic mass is 10.2. The van der Waals surface area contributed by atoms with E-state index >= 15 is 0 Å². The maximum Gasteiger partial charge on any atom is 0.251 e. The third-order valence-corrected chi connectivity index (χ3v) is 3.65. The van der Waals surface area contributed by atoms with E-state index in [9.17, 15) is 9.59 Å². The summed E-state index contributed by atoms with van der Waals surface area (Å²) in [4.78, 5) is 23.8. The van der Waals surface area contributed by atoms with E-state index in [1.165, 1.54) is 0 Å². The highest BCUT2D eigenvalue weighted by molar-refractivity contribution is 9.10. The molecular formula is C17H17BrN2O3. The second-order valence-corrected chi connectivity index (χ2v) is 5.68. The van der Waals surface area contributed by atoms with Gasteiger partial charge < -0.3 is 15.4 Å². The molecule has 120 valence electrons. The predicted octanol–water partition coefficient (Wildman–Crippen LogP) is 3.22. The quantitative estimate of drug-likeness (QED) is 0.813. The number of rotatable bonds is 6. The molecule has 6 heteroatoms. The number of anilines is 1. The summed E-state index contributed by atoms with van der Waals surface area (Å²) < 4.78 is 6.08. The van der Waals surface area contributed by atoms with Crippen molar-refractivity contribution in [1.29, 1.82) is 0 Å². The number of nitrogens with one attached hydrogen (secondary N) is 2. The normalized spacial score (nSPS) is 10.0. The molecular weight excluding hydrogens is 360 g/mol. The molecule has 0 atom stereocenters. The molecule has 0 heterocycles. The molecule has 0 saturated heterocycles. The van der Waals surface area contributed by atoms with E-state index in [0.29, 0.717) is 17.0 Å². The van der Waals surface area contributed by atoms with E-state index in [-0.39, 0.29) is 24.8 Å². The zero-order valence-corrected chi connectivity index (χ0v) is 14.2. The largest absolute Gasteiger partial charge is 0.495 e. The van der Waals surface area contributed by atoms with Crippen LogP contribution in [0.3, 0.4) is 0 Å². The summed E-state index contributed by atoms with van der Waals surface area (Å²) in [6, 6.07) is 14.2. The molecule has 2 aromatic rings. The molecule has 23 heavy (non-hydrogen) atoms. The van der Waals surface area contributed by atoms with Crippen molar-refractivity contribution in [2.75, 3.05) is 19.0 Å². The van der Waals surface area contributed by atoms with Crippen LogP contribution in [0.25, 0.3) is 0 Å². The summed E-state index contributed by atoms with van der Waals surface area (Å²) in [6.07, 6.45) is 0.181. The van der Waals surface area contributed by atoms with E-state index in [2.05, 4.69) is 26.6 Å². The Bertz CT molecular complexity index is 686. The van der Waals surface area contributed by atoms with Gasteiger partial charge in [0, 0.05) is 23.0 Å². The molecule has 2 rings (SSSR count). The molecule has 2 aromatic carbocycles. The van der Waals surface area contributed by atoms with Gasteiger partial charge in [-0.05, 0) is 36.4 Å². The Morgan fingerprint density at radius 1 is 1.09 bits per heavy atom. The number of methoxy groups -OCH3 is 1. The van der Waals surface area contributed by atoms with Gasteiger partial charge >= 0.3 is 0 Å². The average molecular weight is 377 g/mol. The minimum absolute atomic E-state index is 0.181. The molecule has 0 aliphatic carbocycles. The van der Waals surface area contributed by atoms with Gasteiger partial charge in [0.05, 0.1) is 12.8 Å². The lowest BCUT2D eigenvalue weighted by Gasteiger charge is -2.10. The van der Waals surface area contributed by atoms with Crippen molar-refractivity contribution in [3.63, 3.8) is 0 Å². The predicted molar refractivity (Wildman–Crippen MR) is 92.7 cm³/mol. The number of carbonyl (C=O) groups is 2. The molecule has 2 N–H and O–H groups in total. The number of carbonyl (C=O) groups excluding carboxylic acids is 2. The fourth-order valence-corrected chi connectivity index (χ4v) is 2.22. The average Bonchev–Trinajstić information content (AvgIpc) is 2.56. The van der Waals surface area contributed by atoms with Crippen LogP contribution in [0.5, 0.6) is 5.75 Å². The van der Waals surface area contributed by atoms with E-state index in [4.69, 9.17) is 4.74 Å². The maximum atomic E-state index is 11.9. The Hall–Kier alpha value is -2.34. The molecule has 5 nitrogen and oxygen atoms in total. The standard InChI is InChI=1S/C17H17BrN2O3/c1-23-15-5-3-2-4-14(15)20-16(21)10-11-19-17(22)12-6-8-13(18)9-7-12/h2-9H,10-11H2,1H3,(H,19,22)(H,20,21). The minimum atomic E-state index is -0.206. The summed E-state index contributed by atoms with van der Waals surface area (Å²) in [5.74, 6) is 0.202. The Kier molecular flexibility index (Phi) is 6.17. The van der Waals surface area contributed by atoms with Crippen molar-refractivity contribution in [3.8, 4) is 5.75 Å². The summed E-state index contributed by atoms with van der Waals surface area (Å²) in [5.41, 5.74) is 1.16. The van der Waals surface area contributed by atoms with Crippen LogP contribution in [-0.4, -0.2) is 25.5 Å². The van der Waals surface area contributed by atoms with Crippen molar-refractivity contribution >= 4 is 33.4 Å². The monoisotopic (exact) mass is 376 g/mol. The highest BCUT2D eigenvalue weighted by Crippen LogP contribution is 2.22. The third-order valence-electron chi connectivity index (χ3n) is 3.13. The van der Waals surface area contributed by atoms with Gasteiger partial charge in [-0.25, -0.2) is 0 Å². The third kappa shape index (κ3) is 5.10. The van der Waals surface area contributed by atoms with Gasteiger partial charge in [0.25, 0.3) is 5.91 Å². The van der Waals surface area contributed by atoms with Crippen molar-refractivity contribution in [2.24, 2.45) is 0 Å². The summed E-state index contributed by atoms with van der Waals surface area (Å²) in [6.45, 7) is 0.260. The van der Waals surface area contributed by atoms with Gasteiger partial charge in [0.15, 0.2) is 0 Å². The van der Waals surface area contributed by atoms with Gasteiger partial charge in [0.2, 0.25) is 5.91 Å². The highest BCUT2D eigenvalue weighted by Gasteiger charge is 2.08. The first-order valence-electron chi connectivity index (χ1n) is 7.07. The van der Waals surface area contributed by atoms with Crippen LogP contribution in [-0.2, 0) is 4.79 Å². The zero-order valence-electron chi connectivity index (χ0n) is 12.6. The van der Waals surface area contributed by atoms with E-state index < -0.39 is 0 Å². The molecule has 0 fully saturated rings. The number of benzene rings is 2. The second kappa shape index (κ2) is 8.33. The van der Waals surface area contributed by atoms with Crippen LogP contribution >= 0.6 is 15.9 Å². The Morgan fingerprint density at radius 2 is 1.78 bits per heavy atom. The topological polar surface area (TPSA) is 67.4 Å². The maximum absolute atomic E-state index is 11.9. The summed E-state index contributed by atoms with van der Waals surface area (Å²) in [5, 5.41) is 5.48. The van der Waals surface area contributed by atoms with Gasteiger partial charge in [-0.15, -0.1) is 0 Å². The number of para-hydroxylation sites is 2. The van der Waals surface area contributed by atoms with E-state index in [1.807, 2.05) is 12.1 Å².